The smallest absolute Gasteiger partial charge is 0.263 e. The molecule has 1 unspecified atom stereocenters. The SMILES string of the molecule is CC1(O)C(=O)N(Cc2ccc(O)cc2)c2cc(Br)cc(Br)c21. The second kappa shape index (κ2) is 5.37. The van der Waals surface area contributed by atoms with E-state index >= 15 is 0 Å². The number of halogens is 2. The predicted octanol–water partition coefficient (Wildman–Crippen LogP) is 3.67. The van der Waals surface area contributed by atoms with Gasteiger partial charge in [0.05, 0.1) is 12.2 Å². The van der Waals surface area contributed by atoms with Gasteiger partial charge in [-0.1, -0.05) is 44.0 Å². The molecule has 0 saturated heterocycles. The maximum atomic E-state index is 12.6. The number of phenols is 1. The van der Waals surface area contributed by atoms with E-state index in [0.29, 0.717) is 22.3 Å². The van der Waals surface area contributed by atoms with E-state index in [1.54, 1.807) is 29.2 Å². The molecule has 4 nitrogen and oxygen atoms in total. The average molecular weight is 427 g/mol. The largest absolute Gasteiger partial charge is 0.508 e. The molecular weight excluding hydrogens is 414 g/mol. The van der Waals surface area contributed by atoms with E-state index in [-0.39, 0.29) is 11.7 Å². The van der Waals surface area contributed by atoms with Crippen molar-refractivity contribution < 1.29 is 15.0 Å². The highest BCUT2D eigenvalue weighted by molar-refractivity contribution is 9.11. The lowest BCUT2D eigenvalue weighted by atomic mass is 9.98. The molecule has 1 amide bonds. The van der Waals surface area contributed by atoms with Crippen LogP contribution in [0.4, 0.5) is 5.69 Å². The molecule has 1 heterocycles. The minimum Gasteiger partial charge on any atom is -0.508 e. The summed E-state index contributed by atoms with van der Waals surface area (Å²) in [6.45, 7) is 1.83. The molecule has 3 rings (SSSR count). The molecule has 1 aliphatic heterocycles. The molecular formula is C16H13Br2NO3. The number of carbonyl (C=O) groups is 1. The molecule has 2 aromatic carbocycles. The van der Waals surface area contributed by atoms with E-state index in [2.05, 4.69) is 31.9 Å². The Bertz CT molecular complexity index is 757. The number of fused-ring (bicyclic) bond motifs is 1. The van der Waals surface area contributed by atoms with E-state index in [4.69, 9.17) is 0 Å². The van der Waals surface area contributed by atoms with Crippen LogP contribution in [-0.2, 0) is 16.9 Å². The highest BCUT2D eigenvalue weighted by Crippen LogP contribution is 2.46. The topological polar surface area (TPSA) is 60.8 Å². The average Bonchev–Trinajstić information content (AvgIpc) is 2.62. The normalized spacial score (nSPS) is 20.4. The van der Waals surface area contributed by atoms with Crippen molar-refractivity contribution in [2.45, 2.75) is 19.1 Å². The molecule has 114 valence electrons. The van der Waals surface area contributed by atoms with Crippen LogP contribution in [0.1, 0.15) is 18.1 Å². The van der Waals surface area contributed by atoms with Crippen LogP contribution in [0, 0.1) is 0 Å². The van der Waals surface area contributed by atoms with Crippen molar-refractivity contribution in [3.8, 4) is 5.75 Å². The number of hydrogen-bond acceptors (Lipinski definition) is 3. The van der Waals surface area contributed by atoms with Gasteiger partial charge in [0.2, 0.25) is 0 Å². The zero-order valence-electron chi connectivity index (χ0n) is 11.7. The van der Waals surface area contributed by atoms with Crippen LogP contribution in [0.3, 0.4) is 0 Å². The molecule has 2 aromatic rings. The van der Waals surface area contributed by atoms with Crippen LogP contribution in [-0.4, -0.2) is 16.1 Å². The Balaban J connectivity index is 2.07. The first kappa shape index (κ1) is 15.5. The summed E-state index contributed by atoms with van der Waals surface area (Å²) in [4.78, 5) is 14.2. The number of aliphatic hydroxyl groups is 1. The lowest BCUT2D eigenvalue weighted by Gasteiger charge is -2.19. The maximum absolute atomic E-state index is 12.6. The Morgan fingerprint density at radius 1 is 1.18 bits per heavy atom. The molecule has 2 N–H and O–H groups in total. The summed E-state index contributed by atoms with van der Waals surface area (Å²) >= 11 is 6.83. The summed E-state index contributed by atoms with van der Waals surface area (Å²) in [5.74, 6) is -0.191. The van der Waals surface area contributed by atoms with Crippen LogP contribution in [0.25, 0.3) is 0 Å². The van der Waals surface area contributed by atoms with Gasteiger partial charge in [0.15, 0.2) is 5.60 Å². The van der Waals surface area contributed by atoms with E-state index in [1.807, 2.05) is 12.1 Å². The first-order chi connectivity index (χ1) is 10.3. The zero-order valence-corrected chi connectivity index (χ0v) is 14.8. The van der Waals surface area contributed by atoms with Gasteiger partial charge in [-0.05, 0) is 36.8 Å². The lowest BCUT2D eigenvalue weighted by molar-refractivity contribution is -0.134. The molecule has 6 heteroatoms. The van der Waals surface area contributed by atoms with E-state index < -0.39 is 5.60 Å². The van der Waals surface area contributed by atoms with Crippen LogP contribution >= 0.6 is 31.9 Å². The molecule has 0 radical (unpaired) electrons. The van der Waals surface area contributed by atoms with Gasteiger partial charge in [-0.3, -0.25) is 4.79 Å². The molecule has 0 aromatic heterocycles. The Morgan fingerprint density at radius 2 is 1.82 bits per heavy atom. The number of aromatic hydroxyl groups is 1. The number of phenolic OH excluding ortho intramolecular Hbond substituents is 1. The second-order valence-corrected chi connectivity index (χ2v) is 7.18. The first-order valence-corrected chi connectivity index (χ1v) is 8.21. The van der Waals surface area contributed by atoms with Crippen molar-refractivity contribution in [3.05, 3.63) is 56.5 Å². The number of benzene rings is 2. The lowest BCUT2D eigenvalue weighted by Crippen LogP contribution is -2.37. The van der Waals surface area contributed by atoms with Gasteiger partial charge in [-0.15, -0.1) is 0 Å². The third-order valence-corrected chi connectivity index (χ3v) is 4.83. The summed E-state index contributed by atoms with van der Waals surface area (Å²) in [6, 6.07) is 10.3. The number of amides is 1. The summed E-state index contributed by atoms with van der Waals surface area (Å²) < 4.78 is 1.50. The van der Waals surface area contributed by atoms with Crippen molar-refractivity contribution in [1.82, 2.24) is 0 Å². The molecule has 0 bridgehead atoms. The molecule has 0 spiro atoms. The van der Waals surface area contributed by atoms with Gasteiger partial charge in [-0.25, -0.2) is 0 Å². The number of hydrogen-bond donors (Lipinski definition) is 2. The first-order valence-electron chi connectivity index (χ1n) is 6.62. The molecule has 1 atom stereocenters. The highest BCUT2D eigenvalue weighted by atomic mass is 79.9. The van der Waals surface area contributed by atoms with Crippen LogP contribution in [0.15, 0.2) is 45.3 Å². The number of carbonyl (C=O) groups excluding carboxylic acids is 1. The fourth-order valence-corrected chi connectivity index (χ4v) is 4.26. The Hall–Kier alpha value is -1.37. The molecule has 22 heavy (non-hydrogen) atoms. The van der Waals surface area contributed by atoms with Crippen molar-refractivity contribution in [2.75, 3.05) is 4.90 Å². The quantitative estimate of drug-likeness (QED) is 0.770. The third-order valence-electron chi connectivity index (χ3n) is 3.75. The van der Waals surface area contributed by atoms with Crippen molar-refractivity contribution >= 4 is 43.5 Å². The molecule has 0 aliphatic carbocycles. The van der Waals surface area contributed by atoms with Gasteiger partial charge in [0, 0.05) is 14.5 Å². The monoisotopic (exact) mass is 425 g/mol. The fraction of sp³-hybridized carbons (Fsp3) is 0.188. The Labute approximate surface area is 144 Å². The summed E-state index contributed by atoms with van der Waals surface area (Å²) in [6.07, 6.45) is 0. The summed E-state index contributed by atoms with van der Waals surface area (Å²) in [5.41, 5.74) is 0.543. The minimum absolute atomic E-state index is 0.175. The maximum Gasteiger partial charge on any atom is 0.263 e. The van der Waals surface area contributed by atoms with Gasteiger partial charge < -0.3 is 15.1 Å². The van der Waals surface area contributed by atoms with Crippen LogP contribution in [0.5, 0.6) is 5.75 Å². The third kappa shape index (κ3) is 2.45. The van der Waals surface area contributed by atoms with Crippen molar-refractivity contribution in [2.24, 2.45) is 0 Å². The fourth-order valence-electron chi connectivity index (χ4n) is 2.67. The standard InChI is InChI=1S/C16H13Br2NO3/c1-16(22)14-12(18)6-10(17)7-13(14)19(15(16)21)8-9-2-4-11(20)5-3-9/h2-7,20,22H,8H2,1H3. The highest BCUT2D eigenvalue weighted by Gasteiger charge is 2.47. The minimum atomic E-state index is -1.56. The van der Waals surface area contributed by atoms with Gasteiger partial charge in [0.1, 0.15) is 5.75 Å². The van der Waals surface area contributed by atoms with Gasteiger partial charge in [0.25, 0.3) is 5.91 Å². The Kier molecular flexibility index (Phi) is 3.79. The van der Waals surface area contributed by atoms with Crippen molar-refractivity contribution in [1.29, 1.82) is 0 Å². The summed E-state index contributed by atoms with van der Waals surface area (Å²) in [7, 11) is 0. The van der Waals surface area contributed by atoms with Gasteiger partial charge >= 0.3 is 0 Å². The molecule has 0 saturated carbocycles. The summed E-state index contributed by atoms with van der Waals surface area (Å²) in [5, 5.41) is 20.0. The second-order valence-electron chi connectivity index (χ2n) is 5.41. The van der Waals surface area contributed by atoms with Crippen molar-refractivity contribution in [3.63, 3.8) is 0 Å². The zero-order chi connectivity index (χ0) is 16.1. The van der Waals surface area contributed by atoms with E-state index in [1.165, 1.54) is 6.92 Å². The number of nitrogens with zero attached hydrogens (tertiary/aromatic N) is 1. The predicted molar refractivity (Wildman–Crippen MR) is 90.7 cm³/mol. The Morgan fingerprint density at radius 3 is 2.45 bits per heavy atom. The van der Waals surface area contributed by atoms with Crippen LogP contribution < -0.4 is 4.90 Å². The van der Waals surface area contributed by atoms with E-state index in [9.17, 15) is 15.0 Å². The van der Waals surface area contributed by atoms with Gasteiger partial charge in [-0.2, -0.15) is 0 Å². The van der Waals surface area contributed by atoms with E-state index in [0.717, 1.165) is 10.0 Å². The number of rotatable bonds is 2. The molecule has 0 fully saturated rings. The number of anilines is 1. The molecule has 1 aliphatic rings. The van der Waals surface area contributed by atoms with Crippen LogP contribution in [0.2, 0.25) is 0 Å².